The normalized spacial score (nSPS) is 10.1. The molecule has 1 aromatic heterocycles. The molecular formula is C15H16N4S2. The second kappa shape index (κ2) is 7.25. The zero-order valence-electron chi connectivity index (χ0n) is 11.7. The van der Waals surface area contributed by atoms with E-state index in [1.807, 2.05) is 34.1 Å². The fraction of sp³-hybridized carbons (Fsp3) is 0.267. The molecule has 0 fully saturated rings. The van der Waals surface area contributed by atoms with Gasteiger partial charge in [0.15, 0.2) is 0 Å². The lowest BCUT2D eigenvalue weighted by Gasteiger charge is -2.20. The lowest BCUT2D eigenvalue weighted by atomic mass is 10.2. The van der Waals surface area contributed by atoms with Gasteiger partial charge in [0, 0.05) is 24.8 Å². The first-order valence-electron chi connectivity index (χ1n) is 6.55. The van der Waals surface area contributed by atoms with Crippen molar-refractivity contribution in [3.8, 4) is 11.8 Å². The summed E-state index contributed by atoms with van der Waals surface area (Å²) in [6.07, 6.45) is 4.21. The van der Waals surface area contributed by atoms with Gasteiger partial charge >= 0.3 is 0 Å². The lowest BCUT2D eigenvalue weighted by Crippen LogP contribution is -2.26. The van der Waals surface area contributed by atoms with E-state index in [9.17, 15) is 0 Å². The van der Waals surface area contributed by atoms with Gasteiger partial charge in [-0.3, -0.25) is 0 Å². The Morgan fingerprint density at radius 1 is 1.52 bits per heavy atom. The van der Waals surface area contributed by atoms with Crippen molar-refractivity contribution < 1.29 is 0 Å². The Kier molecular flexibility index (Phi) is 5.37. The molecule has 1 aromatic carbocycles. The predicted molar refractivity (Wildman–Crippen MR) is 90.5 cm³/mol. The second-order valence-electron chi connectivity index (χ2n) is 4.74. The van der Waals surface area contributed by atoms with Crippen molar-refractivity contribution in [2.45, 2.75) is 19.9 Å². The van der Waals surface area contributed by atoms with Crippen LogP contribution in [0.3, 0.4) is 0 Å². The van der Waals surface area contributed by atoms with E-state index in [0.29, 0.717) is 23.8 Å². The molecule has 0 aliphatic carbocycles. The molecule has 2 aromatic rings. The summed E-state index contributed by atoms with van der Waals surface area (Å²) in [6.45, 7) is 3.24. The molecule has 0 bridgehead atoms. The third kappa shape index (κ3) is 4.31. The Labute approximate surface area is 135 Å². The molecule has 21 heavy (non-hydrogen) atoms. The first-order valence-corrected chi connectivity index (χ1v) is 7.41. The predicted octanol–water partition coefficient (Wildman–Crippen LogP) is 3.11. The fourth-order valence-corrected chi connectivity index (χ4v) is 2.33. The Balaban J connectivity index is 2.12. The summed E-state index contributed by atoms with van der Waals surface area (Å²) in [7, 11) is 0. The van der Waals surface area contributed by atoms with Crippen LogP contribution in [0.2, 0.25) is 0 Å². The van der Waals surface area contributed by atoms with Crippen LogP contribution in [0.5, 0.6) is 0 Å². The molecule has 2 rings (SSSR count). The van der Waals surface area contributed by atoms with Gasteiger partial charge in [0.2, 0.25) is 0 Å². The van der Waals surface area contributed by atoms with Crippen molar-refractivity contribution in [1.82, 2.24) is 14.7 Å². The average molecular weight is 316 g/mol. The fourth-order valence-electron chi connectivity index (χ4n) is 2.00. The highest BCUT2D eigenvalue weighted by Crippen LogP contribution is 2.13. The van der Waals surface area contributed by atoms with Gasteiger partial charge in [-0.15, -0.1) is 12.6 Å². The van der Waals surface area contributed by atoms with Crippen molar-refractivity contribution in [2.24, 2.45) is 0 Å². The van der Waals surface area contributed by atoms with Crippen LogP contribution in [0.25, 0.3) is 5.69 Å². The summed E-state index contributed by atoms with van der Waals surface area (Å²) in [5.74, 6) is 0. The average Bonchev–Trinajstić information content (AvgIpc) is 2.91. The molecule has 0 unspecified atom stereocenters. The third-order valence-corrected chi connectivity index (χ3v) is 3.58. The second-order valence-corrected chi connectivity index (χ2v) is 5.86. The zero-order chi connectivity index (χ0) is 15.2. The maximum atomic E-state index is 8.68. The van der Waals surface area contributed by atoms with Crippen LogP contribution in [0.4, 0.5) is 0 Å². The summed E-state index contributed by atoms with van der Waals surface area (Å²) in [5, 5.41) is 13.1. The van der Waals surface area contributed by atoms with E-state index in [2.05, 4.69) is 42.9 Å². The summed E-state index contributed by atoms with van der Waals surface area (Å²) in [5.41, 5.74) is 3.25. The highest BCUT2D eigenvalue weighted by molar-refractivity contribution is 8.10. The van der Waals surface area contributed by atoms with Crippen LogP contribution >= 0.6 is 24.8 Å². The van der Waals surface area contributed by atoms with E-state index in [4.69, 9.17) is 17.5 Å². The number of aromatic nitrogens is 2. The van der Waals surface area contributed by atoms with E-state index in [1.165, 1.54) is 5.56 Å². The molecule has 4 nitrogen and oxygen atoms in total. The zero-order valence-corrected chi connectivity index (χ0v) is 13.4. The Bertz CT molecular complexity index is 672. The molecule has 0 radical (unpaired) electrons. The van der Waals surface area contributed by atoms with Crippen molar-refractivity contribution in [3.63, 3.8) is 0 Å². The number of rotatable bonds is 5. The Morgan fingerprint density at radius 2 is 2.33 bits per heavy atom. The summed E-state index contributed by atoms with van der Waals surface area (Å²) in [6, 6.07) is 10.3. The van der Waals surface area contributed by atoms with Crippen molar-refractivity contribution in [1.29, 1.82) is 5.26 Å². The molecule has 0 atom stereocenters. The number of nitriles is 1. The van der Waals surface area contributed by atoms with Crippen LogP contribution < -0.4 is 0 Å². The molecule has 6 heteroatoms. The largest absolute Gasteiger partial charge is 0.352 e. The molecule has 0 N–H and O–H groups in total. The molecule has 0 amide bonds. The Hall–Kier alpha value is -1.84. The standard InChI is InChI=1S/C15H16N4S2/c1-12-4-2-5-14(8-12)19-11-13(9-17-19)10-18(15(20)21)7-3-6-16/h2,4-5,8-9,11H,3,7,10H2,1H3,(H,20,21). The van der Waals surface area contributed by atoms with Gasteiger partial charge in [-0.25, -0.2) is 4.68 Å². The highest BCUT2D eigenvalue weighted by atomic mass is 32.1. The number of thiol groups is 1. The van der Waals surface area contributed by atoms with Crippen molar-refractivity contribution >= 4 is 29.2 Å². The van der Waals surface area contributed by atoms with E-state index < -0.39 is 0 Å². The molecule has 0 spiro atoms. The van der Waals surface area contributed by atoms with Crippen molar-refractivity contribution in [2.75, 3.05) is 6.54 Å². The summed E-state index contributed by atoms with van der Waals surface area (Å²) < 4.78 is 2.33. The van der Waals surface area contributed by atoms with Crippen LogP contribution in [-0.4, -0.2) is 25.5 Å². The molecule has 0 saturated carbocycles. The first-order chi connectivity index (χ1) is 10.1. The van der Waals surface area contributed by atoms with Crippen LogP contribution in [0.15, 0.2) is 36.7 Å². The number of nitrogens with zero attached hydrogens (tertiary/aromatic N) is 4. The molecule has 0 saturated heterocycles. The first kappa shape index (κ1) is 15.5. The number of hydrogen-bond acceptors (Lipinski definition) is 3. The van der Waals surface area contributed by atoms with Gasteiger partial charge in [0.25, 0.3) is 0 Å². The minimum atomic E-state index is 0.423. The Morgan fingerprint density at radius 3 is 3.00 bits per heavy atom. The number of aryl methyl sites for hydroxylation is 1. The van der Waals surface area contributed by atoms with Gasteiger partial charge < -0.3 is 4.90 Å². The molecule has 0 aliphatic heterocycles. The summed E-state index contributed by atoms with van der Waals surface area (Å²) in [4.78, 5) is 1.89. The monoisotopic (exact) mass is 316 g/mol. The minimum Gasteiger partial charge on any atom is -0.352 e. The van der Waals surface area contributed by atoms with Gasteiger partial charge in [-0.2, -0.15) is 10.4 Å². The molecular weight excluding hydrogens is 300 g/mol. The lowest BCUT2D eigenvalue weighted by molar-refractivity contribution is 0.437. The van der Waals surface area contributed by atoms with E-state index in [-0.39, 0.29) is 0 Å². The van der Waals surface area contributed by atoms with Crippen LogP contribution in [0, 0.1) is 18.3 Å². The number of thiocarbonyl (C=S) groups is 1. The highest BCUT2D eigenvalue weighted by Gasteiger charge is 2.09. The summed E-state index contributed by atoms with van der Waals surface area (Å²) >= 11 is 9.31. The maximum Gasteiger partial charge on any atom is 0.133 e. The maximum absolute atomic E-state index is 8.68. The quantitative estimate of drug-likeness (QED) is 0.680. The minimum absolute atomic E-state index is 0.423. The van der Waals surface area contributed by atoms with E-state index in [0.717, 1.165) is 11.3 Å². The van der Waals surface area contributed by atoms with Crippen molar-refractivity contribution in [3.05, 3.63) is 47.8 Å². The van der Waals surface area contributed by atoms with Crippen LogP contribution in [0.1, 0.15) is 17.5 Å². The van der Waals surface area contributed by atoms with Gasteiger partial charge in [-0.1, -0.05) is 24.4 Å². The van der Waals surface area contributed by atoms with Gasteiger partial charge in [-0.05, 0) is 24.6 Å². The molecule has 1 heterocycles. The van der Waals surface area contributed by atoms with E-state index in [1.54, 1.807) is 0 Å². The van der Waals surface area contributed by atoms with Gasteiger partial charge in [0.1, 0.15) is 4.32 Å². The molecule has 108 valence electrons. The smallest absolute Gasteiger partial charge is 0.133 e. The van der Waals surface area contributed by atoms with E-state index >= 15 is 0 Å². The number of benzene rings is 1. The topological polar surface area (TPSA) is 44.9 Å². The number of hydrogen-bond donors (Lipinski definition) is 1. The SMILES string of the molecule is Cc1cccc(-n2cc(CN(CCC#N)C(=S)S)cn2)c1. The van der Waals surface area contributed by atoms with Crippen LogP contribution in [-0.2, 0) is 6.54 Å². The third-order valence-electron chi connectivity index (χ3n) is 3.04. The van der Waals surface area contributed by atoms with Gasteiger partial charge in [0.05, 0.1) is 24.4 Å². The molecule has 0 aliphatic rings.